The van der Waals surface area contributed by atoms with E-state index in [0.29, 0.717) is 11.1 Å². The van der Waals surface area contributed by atoms with Crippen LogP contribution in [0.25, 0.3) is 0 Å². The Morgan fingerprint density at radius 3 is 1.24 bits per heavy atom. The minimum absolute atomic E-state index is 0.0573. The van der Waals surface area contributed by atoms with Gasteiger partial charge in [-0.2, -0.15) is 0 Å². The molecular weight excluding hydrogens is 604 g/mol. The van der Waals surface area contributed by atoms with Gasteiger partial charge in [0.25, 0.3) is 5.91 Å². The second kappa shape index (κ2) is 15.4. The first kappa shape index (κ1) is 31.1. The number of ether oxygens (including phenoxy) is 1. The van der Waals surface area contributed by atoms with Gasteiger partial charge in [-0.1, -0.05) is 158 Å². The smallest absolute Gasteiger partial charge is 0.338 e. The molecule has 6 aromatic rings. The molecule has 0 spiro atoms. The highest BCUT2D eigenvalue weighted by Gasteiger charge is 2.24. The Bertz CT molecular complexity index is 1670. The molecular formula is C40H33NO3P2. The average molecular weight is 638 g/mol. The van der Waals surface area contributed by atoms with Crippen LogP contribution < -0.4 is 37.1 Å². The molecule has 0 unspecified atom stereocenters. The highest BCUT2D eigenvalue weighted by molar-refractivity contribution is 7.80. The summed E-state index contributed by atoms with van der Waals surface area (Å²) in [5.41, 5.74) is 1.16. The Balaban J connectivity index is 1.17. The number of carbonyl (C=O) groups excluding carboxylic acids is 2. The lowest BCUT2D eigenvalue weighted by atomic mass is 10.2. The van der Waals surface area contributed by atoms with E-state index >= 15 is 0 Å². The minimum Gasteiger partial charge on any atom is -0.460 e. The zero-order valence-corrected chi connectivity index (χ0v) is 27.0. The topological polar surface area (TPSA) is 55.4 Å². The van der Waals surface area contributed by atoms with Gasteiger partial charge in [0.05, 0.1) is 12.1 Å². The van der Waals surface area contributed by atoms with Crippen molar-refractivity contribution in [3.63, 3.8) is 0 Å². The second-order valence-electron chi connectivity index (χ2n) is 10.4. The molecule has 0 aliphatic rings. The molecule has 0 atom stereocenters. The molecule has 0 saturated carbocycles. The van der Waals surface area contributed by atoms with E-state index in [4.69, 9.17) is 4.74 Å². The number of benzene rings is 6. The summed E-state index contributed by atoms with van der Waals surface area (Å²) < 4.78 is 5.75. The van der Waals surface area contributed by atoms with E-state index in [2.05, 4.69) is 53.8 Å². The molecule has 6 rings (SSSR count). The van der Waals surface area contributed by atoms with Gasteiger partial charge in [-0.3, -0.25) is 4.79 Å². The molecule has 1 amide bonds. The Kier molecular flexibility index (Phi) is 10.4. The quantitative estimate of drug-likeness (QED) is 0.111. The Labute approximate surface area is 272 Å². The van der Waals surface area contributed by atoms with Crippen LogP contribution in [-0.4, -0.2) is 25.0 Å². The first-order valence-electron chi connectivity index (χ1n) is 15.1. The fraction of sp³-hybridized carbons (Fsp3) is 0.0500. The number of hydrogen-bond acceptors (Lipinski definition) is 3. The second-order valence-corrected chi connectivity index (χ2v) is 14.8. The Hall–Kier alpha value is -4.88. The van der Waals surface area contributed by atoms with Crippen LogP contribution in [0.4, 0.5) is 0 Å². The van der Waals surface area contributed by atoms with E-state index < -0.39 is 21.8 Å². The fourth-order valence-electron chi connectivity index (χ4n) is 5.35. The van der Waals surface area contributed by atoms with Crippen molar-refractivity contribution < 1.29 is 14.3 Å². The van der Waals surface area contributed by atoms with Crippen LogP contribution in [0, 0.1) is 0 Å². The highest BCUT2D eigenvalue weighted by Crippen LogP contribution is 2.35. The number of amides is 1. The SMILES string of the molecule is O=C(NCCOC(=O)c1ccccc1P(c1ccccc1)c1ccccc1)c1ccccc1P(c1ccccc1)c1ccccc1. The van der Waals surface area contributed by atoms with Gasteiger partial charge in [0, 0.05) is 5.56 Å². The average Bonchev–Trinajstić information content (AvgIpc) is 3.12. The van der Waals surface area contributed by atoms with Crippen LogP contribution in [0.3, 0.4) is 0 Å². The standard InChI is InChI=1S/C40H33NO3P2/c42-39(35-25-13-15-27-37(35)45(31-17-5-1-6-18-31)32-19-7-2-8-20-32)41-29-30-44-40(43)36-26-14-16-28-38(36)46(33-21-9-3-10-22-33)34-23-11-4-12-24-34/h1-28H,29-30H2,(H,41,42). The van der Waals surface area contributed by atoms with Gasteiger partial charge >= 0.3 is 5.97 Å². The number of esters is 1. The lowest BCUT2D eigenvalue weighted by Crippen LogP contribution is -2.33. The maximum absolute atomic E-state index is 13.6. The van der Waals surface area contributed by atoms with E-state index in [1.807, 2.05) is 121 Å². The number of nitrogens with one attached hydrogen (secondary N) is 1. The van der Waals surface area contributed by atoms with Crippen molar-refractivity contribution in [2.24, 2.45) is 0 Å². The predicted octanol–water partition coefficient (Wildman–Crippen LogP) is 5.79. The van der Waals surface area contributed by atoms with E-state index in [1.54, 1.807) is 0 Å². The summed E-state index contributed by atoms with van der Waals surface area (Å²) in [4.78, 5) is 27.0. The molecule has 0 saturated heterocycles. The minimum atomic E-state index is -0.976. The van der Waals surface area contributed by atoms with Crippen LogP contribution in [0.5, 0.6) is 0 Å². The van der Waals surface area contributed by atoms with E-state index in [9.17, 15) is 9.59 Å². The van der Waals surface area contributed by atoms with Gasteiger partial charge in [-0.05, 0) is 59.8 Å². The molecule has 0 bridgehead atoms. The molecule has 0 aliphatic heterocycles. The molecule has 6 aromatic carbocycles. The van der Waals surface area contributed by atoms with Gasteiger partial charge in [0.2, 0.25) is 0 Å². The van der Waals surface area contributed by atoms with Gasteiger partial charge in [-0.25, -0.2) is 4.79 Å². The zero-order valence-electron chi connectivity index (χ0n) is 25.2. The molecule has 0 heterocycles. The molecule has 6 heteroatoms. The van der Waals surface area contributed by atoms with Crippen molar-refractivity contribution in [1.82, 2.24) is 5.32 Å². The predicted molar refractivity (Wildman–Crippen MR) is 193 cm³/mol. The van der Waals surface area contributed by atoms with Gasteiger partial charge in [0.1, 0.15) is 6.61 Å². The van der Waals surface area contributed by atoms with Gasteiger partial charge in [0.15, 0.2) is 0 Å². The first-order chi connectivity index (χ1) is 22.7. The molecule has 226 valence electrons. The summed E-state index contributed by atoms with van der Waals surface area (Å²) in [6, 6.07) is 56.6. The molecule has 1 N–H and O–H groups in total. The van der Waals surface area contributed by atoms with Crippen molar-refractivity contribution in [2.45, 2.75) is 0 Å². The zero-order chi connectivity index (χ0) is 31.6. The van der Waals surface area contributed by atoms with Crippen molar-refractivity contribution >= 4 is 59.5 Å². The lowest BCUT2D eigenvalue weighted by Gasteiger charge is -2.22. The Morgan fingerprint density at radius 2 is 0.804 bits per heavy atom. The van der Waals surface area contributed by atoms with Crippen LogP contribution in [-0.2, 0) is 4.74 Å². The van der Waals surface area contributed by atoms with Crippen molar-refractivity contribution in [2.75, 3.05) is 13.2 Å². The van der Waals surface area contributed by atoms with Crippen LogP contribution >= 0.6 is 15.8 Å². The van der Waals surface area contributed by atoms with Gasteiger partial charge in [-0.15, -0.1) is 0 Å². The summed E-state index contributed by atoms with van der Waals surface area (Å²) in [5.74, 6) is -0.593. The fourth-order valence-corrected chi connectivity index (χ4v) is 10.2. The summed E-state index contributed by atoms with van der Waals surface area (Å²) in [5, 5.41) is 9.55. The Morgan fingerprint density at radius 1 is 0.457 bits per heavy atom. The maximum Gasteiger partial charge on any atom is 0.338 e. The largest absolute Gasteiger partial charge is 0.460 e. The number of hydrogen-bond donors (Lipinski definition) is 1. The third kappa shape index (κ3) is 7.32. The van der Waals surface area contributed by atoms with Crippen LogP contribution in [0.2, 0.25) is 0 Å². The lowest BCUT2D eigenvalue weighted by molar-refractivity contribution is 0.0505. The summed E-state index contributed by atoms with van der Waals surface area (Å²) in [6.07, 6.45) is 0. The van der Waals surface area contributed by atoms with Crippen LogP contribution in [0.1, 0.15) is 20.7 Å². The maximum atomic E-state index is 13.6. The van der Waals surface area contributed by atoms with E-state index in [0.717, 1.165) is 21.2 Å². The van der Waals surface area contributed by atoms with Gasteiger partial charge < -0.3 is 10.1 Å². The van der Waals surface area contributed by atoms with Crippen molar-refractivity contribution in [3.8, 4) is 0 Å². The molecule has 4 nitrogen and oxygen atoms in total. The van der Waals surface area contributed by atoms with Crippen LogP contribution in [0.15, 0.2) is 170 Å². The van der Waals surface area contributed by atoms with Crippen molar-refractivity contribution in [3.05, 3.63) is 181 Å². The highest BCUT2D eigenvalue weighted by atomic mass is 31.1. The molecule has 0 radical (unpaired) electrons. The van der Waals surface area contributed by atoms with E-state index in [-0.39, 0.29) is 19.1 Å². The monoisotopic (exact) mass is 637 g/mol. The summed E-state index contributed by atoms with van der Waals surface area (Å²) in [7, 11) is -1.93. The third-order valence-corrected chi connectivity index (χ3v) is 12.4. The summed E-state index contributed by atoms with van der Waals surface area (Å²) in [6.45, 7) is 0.254. The molecule has 0 aromatic heterocycles. The number of rotatable bonds is 11. The molecule has 0 fully saturated rings. The molecule has 46 heavy (non-hydrogen) atoms. The molecule has 0 aliphatic carbocycles. The number of carbonyl (C=O) groups is 2. The first-order valence-corrected chi connectivity index (χ1v) is 17.8. The van der Waals surface area contributed by atoms with E-state index in [1.165, 1.54) is 10.6 Å². The van der Waals surface area contributed by atoms with Crippen molar-refractivity contribution in [1.29, 1.82) is 0 Å². The normalized spacial score (nSPS) is 10.9. The third-order valence-electron chi connectivity index (χ3n) is 7.43. The summed E-state index contributed by atoms with van der Waals surface area (Å²) >= 11 is 0.